The summed E-state index contributed by atoms with van der Waals surface area (Å²) in [7, 11) is 0. The molecule has 0 aromatic heterocycles. The van der Waals surface area contributed by atoms with Gasteiger partial charge in [0, 0.05) is 12.0 Å². The summed E-state index contributed by atoms with van der Waals surface area (Å²) in [5, 5.41) is 6.31. The van der Waals surface area contributed by atoms with Gasteiger partial charge in [0.25, 0.3) is 0 Å². The number of carbonyl (C=O) groups excluding carboxylic acids is 1. The van der Waals surface area contributed by atoms with E-state index in [1.165, 1.54) is 0 Å². The molecule has 1 heterocycles. The largest absolute Gasteiger partial charge is 0.378 e. The Labute approximate surface area is 104 Å². The lowest BCUT2D eigenvalue weighted by atomic mass is 10.0. The smallest absolute Gasteiger partial charge is 0.222 e. The normalized spacial score (nSPS) is 18.1. The lowest BCUT2D eigenvalue weighted by molar-refractivity contribution is -0.124. The van der Waals surface area contributed by atoms with Gasteiger partial charge in [-0.3, -0.25) is 4.79 Å². The lowest BCUT2D eigenvalue weighted by Gasteiger charge is -2.25. The van der Waals surface area contributed by atoms with Gasteiger partial charge in [0.2, 0.25) is 5.91 Å². The first-order chi connectivity index (χ1) is 8.03. The van der Waals surface area contributed by atoms with Crippen LogP contribution in [0.4, 0.5) is 0 Å². The average molecular weight is 242 g/mol. The van der Waals surface area contributed by atoms with Gasteiger partial charge in [0.1, 0.15) is 0 Å². The van der Waals surface area contributed by atoms with Crippen molar-refractivity contribution in [1.82, 2.24) is 10.6 Å². The summed E-state index contributed by atoms with van der Waals surface area (Å²) < 4.78 is 5.70. The number of carbonyl (C=O) groups is 1. The van der Waals surface area contributed by atoms with Crippen LogP contribution in [0.3, 0.4) is 0 Å². The molecule has 0 saturated carbocycles. The van der Waals surface area contributed by atoms with Crippen molar-refractivity contribution in [3.8, 4) is 0 Å². The molecule has 0 aliphatic carbocycles. The fraction of sp³-hybridized carbons (Fsp3) is 0.923. The van der Waals surface area contributed by atoms with E-state index in [1.54, 1.807) is 0 Å². The molecule has 0 bridgehead atoms. The van der Waals surface area contributed by atoms with Crippen molar-refractivity contribution in [2.24, 2.45) is 0 Å². The molecule has 1 aliphatic heterocycles. The van der Waals surface area contributed by atoms with Crippen molar-refractivity contribution in [3.05, 3.63) is 0 Å². The highest BCUT2D eigenvalue weighted by Gasteiger charge is 2.18. The monoisotopic (exact) mass is 242 g/mol. The van der Waals surface area contributed by atoms with Gasteiger partial charge in [-0.25, -0.2) is 0 Å². The Morgan fingerprint density at radius 2 is 2.06 bits per heavy atom. The Hall–Kier alpha value is -0.610. The zero-order valence-electron chi connectivity index (χ0n) is 11.3. The van der Waals surface area contributed by atoms with Crippen molar-refractivity contribution in [2.45, 2.75) is 58.1 Å². The number of hydrogen-bond acceptors (Lipinski definition) is 3. The van der Waals surface area contributed by atoms with Crippen molar-refractivity contribution in [2.75, 3.05) is 19.7 Å². The summed E-state index contributed by atoms with van der Waals surface area (Å²) >= 11 is 0. The lowest BCUT2D eigenvalue weighted by Crippen LogP contribution is -2.43. The highest BCUT2D eigenvalue weighted by atomic mass is 16.5. The van der Waals surface area contributed by atoms with E-state index >= 15 is 0 Å². The molecule has 0 unspecified atom stereocenters. The molecule has 0 spiro atoms. The Morgan fingerprint density at radius 3 is 2.65 bits per heavy atom. The van der Waals surface area contributed by atoms with E-state index < -0.39 is 0 Å². The predicted molar refractivity (Wildman–Crippen MR) is 69.0 cm³/mol. The Morgan fingerprint density at radius 1 is 1.41 bits per heavy atom. The van der Waals surface area contributed by atoms with Crippen LogP contribution in [0.25, 0.3) is 0 Å². The first-order valence-electron chi connectivity index (χ1n) is 6.67. The van der Waals surface area contributed by atoms with Crippen LogP contribution in [0.15, 0.2) is 0 Å². The predicted octanol–water partition coefficient (Wildman–Crippen LogP) is 1.45. The van der Waals surface area contributed by atoms with Gasteiger partial charge in [-0.05, 0) is 46.2 Å². The first kappa shape index (κ1) is 14.5. The quantitative estimate of drug-likeness (QED) is 0.741. The van der Waals surface area contributed by atoms with Gasteiger partial charge in [-0.15, -0.1) is 0 Å². The molecule has 0 atom stereocenters. The van der Waals surface area contributed by atoms with E-state index in [9.17, 15) is 4.79 Å². The zero-order chi connectivity index (χ0) is 12.7. The SMILES string of the molecule is CCC(C)(C)NC(=O)CCOC1CCNCC1. The molecule has 1 amide bonds. The Balaban J connectivity index is 2.11. The number of nitrogens with one attached hydrogen (secondary N) is 2. The summed E-state index contributed by atoms with van der Waals surface area (Å²) in [4.78, 5) is 11.7. The minimum atomic E-state index is -0.105. The van der Waals surface area contributed by atoms with Gasteiger partial charge in [-0.2, -0.15) is 0 Å². The molecule has 1 fully saturated rings. The Bertz CT molecular complexity index is 236. The number of piperidine rings is 1. The molecule has 2 N–H and O–H groups in total. The van der Waals surface area contributed by atoms with Gasteiger partial charge in [0.05, 0.1) is 12.7 Å². The van der Waals surface area contributed by atoms with Crippen LogP contribution >= 0.6 is 0 Å². The maximum atomic E-state index is 11.7. The van der Waals surface area contributed by atoms with Crippen molar-refractivity contribution < 1.29 is 9.53 Å². The average Bonchev–Trinajstić information content (AvgIpc) is 2.30. The topological polar surface area (TPSA) is 50.4 Å². The van der Waals surface area contributed by atoms with E-state index in [2.05, 4.69) is 17.6 Å². The third kappa shape index (κ3) is 6.03. The van der Waals surface area contributed by atoms with Crippen LogP contribution in [0, 0.1) is 0 Å². The van der Waals surface area contributed by atoms with E-state index in [4.69, 9.17) is 4.74 Å². The van der Waals surface area contributed by atoms with Crippen LogP contribution in [-0.4, -0.2) is 37.2 Å². The summed E-state index contributed by atoms with van der Waals surface area (Å²) in [6.45, 7) is 8.75. The van der Waals surface area contributed by atoms with Crippen LogP contribution < -0.4 is 10.6 Å². The molecule has 17 heavy (non-hydrogen) atoms. The third-order valence-electron chi connectivity index (χ3n) is 3.33. The minimum Gasteiger partial charge on any atom is -0.378 e. The fourth-order valence-corrected chi connectivity index (χ4v) is 1.81. The minimum absolute atomic E-state index is 0.0887. The summed E-state index contributed by atoms with van der Waals surface area (Å²) in [6.07, 6.45) is 3.86. The van der Waals surface area contributed by atoms with Crippen LogP contribution in [-0.2, 0) is 9.53 Å². The van der Waals surface area contributed by atoms with E-state index in [0.717, 1.165) is 32.4 Å². The number of rotatable bonds is 6. The summed E-state index contributed by atoms with van der Waals surface area (Å²) in [5.41, 5.74) is -0.105. The Kier molecular flexibility index (Phi) is 5.92. The highest BCUT2D eigenvalue weighted by Crippen LogP contribution is 2.09. The molecule has 0 aromatic carbocycles. The zero-order valence-corrected chi connectivity index (χ0v) is 11.3. The van der Waals surface area contributed by atoms with Crippen molar-refractivity contribution in [3.63, 3.8) is 0 Å². The van der Waals surface area contributed by atoms with Gasteiger partial charge in [0.15, 0.2) is 0 Å². The maximum Gasteiger partial charge on any atom is 0.222 e. The van der Waals surface area contributed by atoms with E-state index in [1.807, 2.05) is 13.8 Å². The van der Waals surface area contributed by atoms with E-state index in [0.29, 0.717) is 19.1 Å². The maximum absolute atomic E-state index is 11.7. The number of ether oxygens (including phenoxy) is 1. The molecule has 0 radical (unpaired) electrons. The molecule has 100 valence electrons. The molecule has 0 aromatic rings. The van der Waals surface area contributed by atoms with Gasteiger partial charge in [-0.1, -0.05) is 6.92 Å². The van der Waals surface area contributed by atoms with Crippen LogP contribution in [0.2, 0.25) is 0 Å². The van der Waals surface area contributed by atoms with Gasteiger partial charge < -0.3 is 15.4 Å². The van der Waals surface area contributed by atoms with Crippen LogP contribution in [0.5, 0.6) is 0 Å². The second-order valence-electron chi connectivity index (χ2n) is 5.36. The van der Waals surface area contributed by atoms with Crippen molar-refractivity contribution in [1.29, 1.82) is 0 Å². The molecule has 1 rings (SSSR count). The number of hydrogen-bond donors (Lipinski definition) is 2. The highest BCUT2D eigenvalue weighted by molar-refractivity contribution is 5.76. The van der Waals surface area contributed by atoms with Crippen molar-refractivity contribution >= 4 is 5.91 Å². The molecular formula is C13H26N2O2. The van der Waals surface area contributed by atoms with E-state index in [-0.39, 0.29) is 11.4 Å². The molecule has 4 nitrogen and oxygen atoms in total. The summed E-state index contributed by atoms with van der Waals surface area (Å²) in [6, 6.07) is 0. The number of amides is 1. The second-order valence-corrected chi connectivity index (χ2v) is 5.36. The standard InChI is InChI=1S/C13H26N2O2/c1-4-13(2,3)15-12(16)7-10-17-11-5-8-14-9-6-11/h11,14H,4-10H2,1-3H3,(H,15,16). The van der Waals surface area contributed by atoms with Gasteiger partial charge >= 0.3 is 0 Å². The third-order valence-corrected chi connectivity index (χ3v) is 3.33. The second kappa shape index (κ2) is 6.97. The first-order valence-corrected chi connectivity index (χ1v) is 6.67. The molecular weight excluding hydrogens is 216 g/mol. The molecule has 1 aliphatic rings. The van der Waals surface area contributed by atoms with Crippen LogP contribution in [0.1, 0.15) is 46.5 Å². The molecule has 4 heteroatoms. The summed E-state index contributed by atoms with van der Waals surface area (Å²) in [5.74, 6) is 0.0887. The molecule has 1 saturated heterocycles. The fourth-order valence-electron chi connectivity index (χ4n) is 1.81.